The summed E-state index contributed by atoms with van der Waals surface area (Å²) in [7, 11) is 1.51. The molecule has 100 valence electrons. The van der Waals surface area contributed by atoms with Gasteiger partial charge in [0.2, 0.25) is 0 Å². The van der Waals surface area contributed by atoms with Crippen molar-refractivity contribution in [2.24, 2.45) is 5.73 Å². The van der Waals surface area contributed by atoms with Crippen LogP contribution in [0.3, 0.4) is 0 Å². The van der Waals surface area contributed by atoms with Gasteiger partial charge in [0.15, 0.2) is 0 Å². The van der Waals surface area contributed by atoms with Gasteiger partial charge in [0.05, 0.1) is 17.6 Å². The van der Waals surface area contributed by atoms with Crippen molar-refractivity contribution in [2.45, 2.75) is 13.0 Å². The lowest BCUT2D eigenvalue weighted by molar-refractivity contribution is 0.404. The molecule has 1 unspecified atom stereocenters. The van der Waals surface area contributed by atoms with Gasteiger partial charge in [-0.3, -0.25) is 0 Å². The second-order valence-corrected chi connectivity index (χ2v) is 5.25. The molecule has 0 aromatic heterocycles. The summed E-state index contributed by atoms with van der Waals surface area (Å²) in [5, 5.41) is 0. The predicted octanol–water partition coefficient (Wildman–Crippen LogP) is 3.95. The molecular formula is C15H15BrFNO. The summed E-state index contributed by atoms with van der Waals surface area (Å²) < 4.78 is 19.1. The van der Waals surface area contributed by atoms with Crippen molar-refractivity contribution in [2.75, 3.05) is 7.11 Å². The van der Waals surface area contributed by atoms with E-state index in [9.17, 15) is 4.39 Å². The van der Waals surface area contributed by atoms with E-state index < -0.39 is 0 Å². The third-order valence-corrected chi connectivity index (χ3v) is 3.62. The monoisotopic (exact) mass is 323 g/mol. The molecule has 0 aliphatic carbocycles. The molecule has 0 saturated heterocycles. The van der Waals surface area contributed by atoms with Crippen LogP contribution in [0.4, 0.5) is 4.39 Å². The van der Waals surface area contributed by atoms with Gasteiger partial charge in [-0.25, -0.2) is 4.39 Å². The Balaban J connectivity index is 2.49. The average Bonchev–Trinajstić information content (AvgIpc) is 2.40. The number of hydrogen-bond donors (Lipinski definition) is 1. The molecule has 2 rings (SSSR count). The first kappa shape index (κ1) is 14.0. The quantitative estimate of drug-likeness (QED) is 0.928. The van der Waals surface area contributed by atoms with Crippen molar-refractivity contribution < 1.29 is 9.13 Å². The number of ether oxygens (including phenoxy) is 1. The van der Waals surface area contributed by atoms with E-state index in [-0.39, 0.29) is 11.9 Å². The van der Waals surface area contributed by atoms with Crippen LogP contribution in [-0.2, 0) is 0 Å². The summed E-state index contributed by atoms with van der Waals surface area (Å²) in [6.07, 6.45) is 0. The van der Waals surface area contributed by atoms with E-state index in [1.165, 1.54) is 13.2 Å². The summed E-state index contributed by atoms with van der Waals surface area (Å²) in [4.78, 5) is 0. The van der Waals surface area contributed by atoms with Crippen LogP contribution in [0, 0.1) is 12.7 Å². The smallest absolute Gasteiger partial charge is 0.141 e. The van der Waals surface area contributed by atoms with E-state index in [0.29, 0.717) is 10.2 Å². The largest absolute Gasteiger partial charge is 0.496 e. The number of aryl methyl sites for hydroxylation is 1. The van der Waals surface area contributed by atoms with Crippen LogP contribution < -0.4 is 10.5 Å². The summed E-state index contributed by atoms with van der Waals surface area (Å²) in [5.74, 6) is 0.0896. The van der Waals surface area contributed by atoms with Crippen LogP contribution in [0.1, 0.15) is 22.7 Å². The van der Waals surface area contributed by atoms with E-state index in [0.717, 1.165) is 16.7 Å². The van der Waals surface area contributed by atoms with E-state index >= 15 is 0 Å². The summed E-state index contributed by atoms with van der Waals surface area (Å²) in [6.45, 7) is 2.01. The van der Waals surface area contributed by atoms with E-state index in [4.69, 9.17) is 10.5 Å². The van der Waals surface area contributed by atoms with Crippen molar-refractivity contribution in [1.82, 2.24) is 0 Å². The van der Waals surface area contributed by atoms with Gasteiger partial charge < -0.3 is 10.5 Å². The maximum absolute atomic E-state index is 13.5. The molecule has 2 N–H and O–H groups in total. The maximum atomic E-state index is 13.5. The van der Waals surface area contributed by atoms with Crippen molar-refractivity contribution in [3.05, 3.63) is 63.4 Å². The van der Waals surface area contributed by atoms with Crippen molar-refractivity contribution in [3.8, 4) is 5.75 Å². The second-order valence-electron chi connectivity index (χ2n) is 4.40. The highest BCUT2D eigenvalue weighted by Crippen LogP contribution is 2.32. The molecule has 0 bridgehead atoms. The van der Waals surface area contributed by atoms with Gasteiger partial charge in [0.25, 0.3) is 0 Å². The van der Waals surface area contributed by atoms with Crippen LogP contribution >= 0.6 is 15.9 Å². The highest BCUT2D eigenvalue weighted by atomic mass is 79.9. The molecule has 19 heavy (non-hydrogen) atoms. The van der Waals surface area contributed by atoms with E-state index in [1.54, 1.807) is 6.07 Å². The van der Waals surface area contributed by atoms with Crippen LogP contribution in [-0.4, -0.2) is 7.11 Å². The van der Waals surface area contributed by atoms with Crippen LogP contribution in [0.15, 0.2) is 40.9 Å². The average molecular weight is 324 g/mol. The molecule has 0 saturated carbocycles. The van der Waals surface area contributed by atoms with E-state index in [2.05, 4.69) is 15.9 Å². The van der Waals surface area contributed by atoms with Gasteiger partial charge in [0, 0.05) is 11.6 Å². The van der Waals surface area contributed by atoms with Gasteiger partial charge in [-0.1, -0.05) is 29.8 Å². The lowest BCUT2D eigenvalue weighted by atomic mass is 9.97. The lowest BCUT2D eigenvalue weighted by Crippen LogP contribution is -2.13. The molecule has 0 amide bonds. The molecule has 0 spiro atoms. The Bertz CT molecular complexity index is 601. The van der Waals surface area contributed by atoms with Gasteiger partial charge in [-0.05, 0) is 34.5 Å². The second kappa shape index (κ2) is 5.72. The van der Waals surface area contributed by atoms with Crippen molar-refractivity contribution in [1.29, 1.82) is 0 Å². The molecule has 0 heterocycles. The topological polar surface area (TPSA) is 35.2 Å². The molecule has 0 aliphatic heterocycles. The first-order valence-electron chi connectivity index (χ1n) is 5.88. The zero-order chi connectivity index (χ0) is 14.0. The van der Waals surface area contributed by atoms with Crippen molar-refractivity contribution in [3.63, 3.8) is 0 Å². The standard InChI is InChI=1S/C15H15BrFNO/c1-9-4-3-5-10(6-9)15(18)11-7-12(16)13(17)8-14(11)19-2/h3-8,15H,18H2,1-2H3. The Morgan fingerprint density at radius 2 is 2.00 bits per heavy atom. The fourth-order valence-corrected chi connectivity index (χ4v) is 2.37. The SMILES string of the molecule is COc1cc(F)c(Br)cc1C(N)c1cccc(C)c1. The van der Waals surface area contributed by atoms with E-state index in [1.807, 2.05) is 31.2 Å². The van der Waals surface area contributed by atoms with Gasteiger partial charge >= 0.3 is 0 Å². The number of nitrogens with two attached hydrogens (primary N) is 1. The molecule has 2 nitrogen and oxygen atoms in total. The number of halogens is 2. The molecule has 0 fully saturated rings. The van der Waals surface area contributed by atoms with Gasteiger partial charge in [0.1, 0.15) is 11.6 Å². The third kappa shape index (κ3) is 2.96. The van der Waals surface area contributed by atoms with Gasteiger partial charge in [-0.15, -0.1) is 0 Å². The Labute approximate surface area is 120 Å². The highest BCUT2D eigenvalue weighted by Gasteiger charge is 2.17. The summed E-state index contributed by atoms with van der Waals surface area (Å²) in [5.41, 5.74) is 9.11. The molecule has 1 atom stereocenters. The Morgan fingerprint density at radius 3 is 2.63 bits per heavy atom. The minimum absolute atomic E-state index is 0.355. The summed E-state index contributed by atoms with van der Waals surface area (Å²) >= 11 is 3.18. The number of hydrogen-bond acceptors (Lipinski definition) is 2. The highest BCUT2D eigenvalue weighted by molar-refractivity contribution is 9.10. The Hall–Kier alpha value is -1.39. The van der Waals surface area contributed by atoms with Crippen LogP contribution in [0.2, 0.25) is 0 Å². The minimum Gasteiger partial charge on any atom is -0.496 e. The molecule has 0 radical (unpaired) electrons. The van der Waals surface area contributed by atoms with Gasteiger partial charge in [-0.2, -0.15) is 0 Å². The number of rotatable bonds is 3. The fraction of sp³-hybridized carbons (Fsp3) is 0.200. The number of methoxy groups -OCH3 is 1. The zero-order valence-electron chi connectivity index (χ0n) is 10.8. The Kier molecular flexibility index (Phi) is 4.22. The normalized spacial score (nSPS) is 12.3. The molecule has 0 aliphatic rings. The molecular weight excluding hydrogens is 309 g/mol. The van der Waals surface area contributed by atoms with Crippen LogP contribution in [0.25, 0.3) is 0 Å². The lowest BCUT2D eigenvalue weighted by Gasteiger charge is -2.17. The third-order valence-electron chi connectivity index (χ3n) is 3.01. The molecule has 2 aromatic rings. The summed E-state index contributed by atoms with van der Waals surface area (Å²) in [6, 6.07) is 10.6. The number of benzene rings is 2. The maximum Gasteiger partial charge on any atom is 0.141 e. The Morgan fingerprint density at radius 1 is 1.26 bits per heavy atom. The first-order chi connectivity index (χ1) is 9.02. The fourth-order valence-electron chi connectivity index (χ4n) is 2.01. The minimum atomic E-state index is -0.364. The molecule has 2 aromatic carbocycles. The zero-order valence-corrected chi connectivity index (χ0v) is 12.4. The predicted molar refractivity (Wildman–Crippen MR) is 77.9 cm³/mol. The first-order valence-corrected chi connectivity index (χ1v) is 6.67. The van der Waals surface area contributed by atoms with Crippen LogP contribution in [0.5, 0.6) is 5.75 Å². The van der Waals surface area contributed by atoms with Crippen molar-refractivity contribution >= 4 is 15.9 Å². The molecule has 4 heteroatoms.